The molecule has 1 heterocycles. The number of nitrogens with zero attached hydrogens (tertiary/aromatic N) is 2. The summed E-state index contributed by atoms with van der Waals surface area (Å²) in [5, 5.41) is 2.25. The van der Waals surface area contributed by atoms with Gasteiger partial charge in [0.15, 0.2) is 0 Å². The van der Waals surface area contributed by atoms with Crippen LogP contribution in [-0.4, -0.2) is 32.1 Å². The molecule has 4 aromatic rings. The number of fused-ring (bicyclic) bond motifs is 2. The van der Waals surface area contributed by atoms with E-state index in [9.17, 15) is 0 Å². The third-order valence-electron chi connectivity index (χ3n) is 6.90. The molecule has 0 radical (unpaired) electrons. The van der Waals surface area contributed by atoms with Gasteiger partial charge < -0.3 is 9.80 Å². The Labute approximate surface area is 209 Å². The molecule has 176 valence electrons. The van der Waals surface area contributed by atoms with Crippen LogP contribution in [0.3, 0.4) is 0 Å². The van der Waals surface area contributed by atoms with Crippen molar-refractivity contribution >= 4 is 23.5 Å². The van der Waals surface area contributed by atoms with Crippen molar-refractivity contribution in [2.75, 3.05) is 32.1 Å². The Morgan fingerprint density at radius 2 is 1.49 bits per heavy atom. The summed E-state index contributed by atoms with van der Waals surface area (Å²) in [6.45, 7) is 8.31. The van der Waals surface area contributed by atoms with Gasteiger partial charge in [-0.25, -0.2) is 0 Å². The highest BCUT2D eigenvalue weighted by Gasteiger charge is 2.23. The lowest BCUT2D eigenvalue weighted by Crippen LogP contribution is -2.27. The van der Waals surface area contributed by atoms with Crippen LogP contribution < -0.4 is 15.3 Å². The normalized spacial score (nSPS) is 12.4. The summed E-state index contributed by atoms with van der Waals surface area (Å²) in [4.78, 5) is 4.80. The summed E-state index contributed by atoms with van der Waals surface area (Å²) in [6.07, 6.45) is 2.09. The van der Waals surface area contributed by atoms with Gasteiger partial charge in [0.05, 0.1) is 0 Å². The first-order chi connectivity index (χ1) is 17.0. The molecular formula is C33H34N2. The van der Waals surface area contributed by atoms with E-state index in [-0.39, 0.29) is 0 Å². The van der Waals surface area contributed by atoms with E-state index in [0.717, 1.165) is 31.1 Å². The van der Waals surface area contributed by atoms with Gasteiger partial charge in [0.25, 0.3) is 0 Å². The van der Waals surface area contributed by atoms with Crippen molar-refractivity contribution in [2.45, 2.75) is 19.8 Å². The molecule has 35 heavy (non-hydrogen) atoms. The topological polar surface area (TPSA) is 6.48 Å². The summed E-state index contributed by atoms with van der Waals surface area (Å²) >= 11 is 0. The molecular weight excluding hydrogens is 424 g/mol. The second-order valence-electron chi connectivity index (χ2n) is 9.90. The molecule has 0 aliphatic carbocycles. The Morgan fingerprint density at radius 1 is 0.800 bits per heavy atom. The number of anilines is 2. The minimum absolute atomic E-state index is 0.978. The number of hydrogen-bond donors (Lipinski definition) is 0. The molecule has 2 nitrogen and oxygen atoms in total. The molecule has 0 aromatic heterocycles. The third-order valence-corrected chi connectivity index (χ3v) is 6.90. The Kier molecular flexibility index (Phi) is 6.57. The molecule has 0 amide bonds. The van der Waals surface area contributed by atoms with Crippen molar-refractivity contribution in [3.05, 3.63) is 129 Å². The molecule has 0 N–H and O–H groups in total. The van der Waals surface area contributed by atoms with E-state index in [4.69, 9.17) is 0 Å². The van der Waals surface area contributed by atoms with Crippen molar-refractivity contribution in [1.29, 1.82) is 0 Å². The zero-order chi connectivity index (χ0) is 24.4. The lowest BCUT2D eigenvalue weighted by atomic mass is 9.90. The van der Waals surface area contributed by atoms with Gasteiger partial charge >= 0.3 is 0 Å². The van der Waals surface area contributed by atoms with Crippen LogP contribution in [0.25, 0.3) is 12.2 Å². The van der Waals surface area contributed by atoms with Gasteiger partial charge in [-0.3, -0.25) is 0 Å². The van der Waals surface area contributed by atoms with Crippen LogP contribution in [-0.2, 0) is 6.42 Å². The molecule has 1 aliphatic heterocycles. The van der Waals surface area contributed by atoms with Gasteiger partial charge in [0.1, 0.15) is 0 Å². The zero-order valence-electron chi connectivity index (χ0n) is 21.1. The molecule has 0 saturated heterocycles. The maximum absolute atomic E-state index is 4.09. The molecule has 2 heteroatoms. The van der Waals surface area contributed by atoms with Crippen LogP contribution in [0, 0.1) is 6.92 Å². The van der Waals surface area contributed by atoms with E-state index in [1.165, 1.54) is 50.0 Å². The largest absolute Gasteiger partial charge is 0.341 e. The molecule has 0 bridgehead atoms. The number of aryl methyl sites for hydroxylation is 1. The molecule has 4 aromatic carbocycles. The van der Waals surface area contributed by atoms with Crippen LogP contribution in [0.2, 0.25) is 0 Å². The van der Waals surface area contributed by atoms with E-state index in [2.05, 4.69) is 128 Å². The standard InChI is InChI=1S/C33H34N2/c1-24-10-14-26(15-11-24)33(27-16-12-25(2)13-17-27)30-19-18-29-22-28-8-5-6-9-31(28)35(32(29)23-30)21-7-20-34(3)4/h5-6,8-19,23H,1,7,20-22H2,2-4H3. The van der Waals surface area contributed by atoms with Crippen LogP contribution in [0.4, 0.5) is 11.4 Å². The predicted molar refractivity (Wildman–Crippen MR) is 150 cm³/mol. The highest BCUT2D eigenvalue weighted by Crippen LogP contribution is 2.40. The van der Waals surface area contributed by atoms with Gasteiger partial charge in [0.2, 0.25) is 0 Å². The van der Waals surface area contributed by atoms with Crippen molar-refractivity contribution in [2.24, 2.45) is 0 Å². The number of para-hydroxylation sites is 1. The summed E-state index contributed by atoms with van der Waals surface area (Å²) < 4.78 is 0. The molecule has 0 saturated carbocycles. The SMILES string of the molecule is C=c1ccc(=C(c2ccc(C)cc2)c2ccc3c(c2)N(CCCN(C)C)c2ccccc2C3)cc1. The molecule has 1 aliphatic rings. The van der Waals surface area contributed by atoms with Crippen LogP contribution in [0.5, 0.6) is 0 Å². The van der Waals surface area contributed by atoms with Crippen molar-refractivity contribution < 1.29 is 0 Å². The van der Waals surface area contributed by atoms with Crippen LogP contribution >= 0.6 is 0 Å². The fourth-order valence-electron chi connectivity index (χ4n) is 5.06. The lowest BCUT2D eigenvalue weighted by molar-refractivity contribution is 0.402. The predicted octanol–water partition coefficient (Wildman–Crippen LogP) is 5.65. The second-order valence-corrected chi connectivity index (χ2v) is 9.90. The molecule has 0 unspecified atom stereocenters. The molecule has 0 spiro atoms. The fraction of sp³-hybridized carbons (Fsp3) is 0.212. The van der Waals surface area contributed by atoms with E-state index in [1.54, 1.807) is 0 Å². The highest BCUT2D eigenvalue weighted by molar-refractivity contribution is 5.84. The third kappa shape index (κ3) is 4.94. The Bertz CT molecular complexity index is 1420. The highest BCUT2D eigenvalue weighted by atomic mass is 15.2. The molecule has 5 rings (SSSR count). The first kappa shape index (κ1) is 23.1. The van der Waals surface area contributed by atoms with Gasteiger partial charge in [-0.05, 0) is 84.4 Å². The average molecular weight is 459 g/mol. The first-order valence-electron chi connectivity index (χ1n) is 12.5. The minimum Gasteiger partial charge on any atom is -0.341 e. The van der Waals surface area contributed by atoms with Gasteiger partial charge in [-0.15, -0.1) is 0 Å². The van der Waals surface area contributed by atoms with E-state index >= 15 is 0 Å². The number of hydrogen-bond acceptors (Lipinski definition) is 2. The first-order valence-corrected chi connectivity index (χ1v) is 12.5. The average Bonchev–Trinajstić information content (AvgIpc) is 2.86. The van der Waals surface area contributed by atoms with Gasteiger partial charge in [0, 0.05) is 24.3 Å². The van der Waals surface area contributed by atoms with Gasteiger partial charge in [-0.1, -0.05) is 91.0 Å². The minimum atomic E-state index is 0.978. The summed E-state index contributed by atoms with van der Waals surface area (Å²) in [5.74, 6) is 0. The van der Waals surface area contributed by atoms with Gasteiger partial charge in [-0.2, -0.15) is 0 Å². The Morgan fingerprint density at radius 3 is 2.23 bits per heavy atom. The summed E-state index contributed by atoms with van der Waals surface area (Å²) in [6, 6.07) is 33.4. The van der Waals surface area contributed by atoms with Crippen molar-refractivity contribution in [3.8, 4) is 0 Å². The maximum atomic E-state index is 4.09. The number of rotatable bonds is 6. The smallest absolute Gasteiger partial charge is 0.0453 e. The maximum Gasteiger partial charge on any atom is 0.0453 e. The van der Waals surface area contributed by atoms with Crippen LogP contribution in [0.15, 0.2) is 91.0 Å². The van der Waals surface area contributed by atoms with Crippen LogP contribution in [0.1, 0.15) is 34.2 Å². The summed E-state index contributed by atoms with van der Waals surface area (Å²) in [5.41, 5.74) is 10.5. The molecule has 0 atom stereocenters. The second kappa shape index (κ2) is 9.93. The monoisotopic (exact) mass is 458 g/mol. The number of benzene rings is 4. The van der Waals surface area contributed by atoms with Crippen molar-refractivity contribution in [3.63, 3.8) is 0 Å². The Balaban J connectivity index is 1.66. The van der Waals surface area contributed by atoms with E-state index < -0.39 is 0 Å². The van der Waals surface area contributed by atoms with E-state index in [1.807, 2.05) is 0 Å². The van der Waals surface area contributed by atoms with Crippen molar-refractivity contribution in [1.82, 2.24) is 4.90 Å². The lowest BCUT2D eigenvalue weighted by Gasteiger charge is -2.34. The Hall–Kier alpha value is -3.62. The fourth-order valence-corrected chi connectivity index (χ4v) is 5.06. The summed E-state index contributed by atoms with van der Waals surface area (Å²) in [7, 11) is 4.30. The molecule has 0 fully saturated rings. The zero-order valence-corrected chi connectivity index (χ0v) is 21.1. The quantitative estimate of drug-likeness (QED) is 0.369. The van der Waals surface area contributed by atoms with E-state index in [0.29, 0.717) is 0 Å².